The van der Waals surface area contributed by atoms with Gasteiger partial charge in [-0.3, -0.25) is 4.68 Å². The summed E-state index contributed by atoms with van der Waals surface area (Å²) in [5.41, 5.74) is 1.07. The van der Waals surface area contributed by atoms with Crippen LogP contribution in [0.4, 0.5) is 0 Å². The predicted molar refractivity (Wildman–Crippen MR) is 86.4 cm³/mol. The average molecular weight is 383 g/mol. The lowest BCUT2D eigenvalue weighted by Crippen LogP contribution is -2.07. The van der Waals surface area contributed by atoms with Gasteiger partial charge in [-0.1, -0.05) is 12.1 Å². The second-order valence-electron chi connectivity index (χ2n) is 5.12. The van der Waals surface area contributed by atoms with Crippen LogP contribution in [0.1, 0.15) is 25.7 Å². The highest BCUT2D eigenvalue weighted by Gasteiger charge is 2.14. The van der Waals surface area contributed by atoms with E-state index in [1.54, 1.807) is 0 Å². The summed E-state index contributed by atoms with van der Waals surface area (Å²) in [6, 6.07) is 8.28. The molecule has 3 rings (SSSR count). The fraction of sp³-hybridized carbons (Fsp3) is 0.467. The molecule has 0 N–H and O–H groups in total. The fourth-order valence-electron chi connectivity index (χ4n) is 2.49. The van der Waals surface area contributed by atoms with Crippen LogP contribution >= 0.6 is 22.6 Å². The molecule has 0 bridgehead atoms. The fourth-order valence-corrected chi connectivity index (χ4v) is 2.85. The predicted octanol–water partition coefficient (Wildman–Crippen LogP) is 3.51. The van der Waals surface area contributed by atoms with E-state index in [0.717, 1.165) is 37.4 Å². The molecule has 1 aliphatic rings. The summed E-state index contributed by atoms with van der Waals surface area (Å²) < 4.78 is 8.79. The molecule has 1 saturated heterocycles. The maximum absolute atomic E-state index is 5.63. The quantitative estimate of drug-likeness (QED) is 0.742. The van der Waals surface area contributed by atoms with Crippen LogP contribution in [0, 0.1) is 3.57 Å². The Morgan fingerprint density at radius 3 is 2.90 bits per heavy atom. The van der Waals surface area contributed by atoms with Crippen molar-refractivity contribution in [2.24, 2.45) is 0 Å². The van der Waals surface area contributed by atoms with Crippen molar-refractivity contribution < 1.29 is 4.74 Å². The molecule has 0 saturated carbocycles. The lowest BCUT2D eigenvalue weighted by atomic mass is 10.1. The van der Waals surface area contributed by atoms with Crippen molar-refractivity contribution in [1.82, 2.24) is 14.8 Å². The van der Waals surface area contributed by atoms with Gasteiger partial charge in [0, 0.05) is 22.3 Å². The Kier molecular flexibility index (Phi) is 4.67. The number of aryl methyl sites for hydroxylation is 1. The first-order valence-corrected chi connectivity index (χ1v) is 8.16. The molecule has 1 aromatic carbocycles. The van der Waals surface area contributed by atoms with Gasteiger partial charge in [0.15, 0.2) is 5.82 Å². The van der Waals surface area contributed by atoms with Gasteiger partial charge in [0.1, 0.15) is 6.33 Å². The van der Waals surface area contributed by atoms with Gasteiger partial charge in [-0.05, 0) is 60.4 Å². The largest absolute Gasteiger partial charge is 0.378 e. The molecule has 2 heterocycles. The van der Waals surface area contributed by atoms with Crippen LogP contribution in [0.2, 0.25) is 0 Å². The van der Waals surface area contributed by atoms with Crippen LogP contribution in [-0.2, 0) is 11.3 Å². The van der Waals surface area contributed by atoms with E-state index in [4.69, 9.17) is 4.74 Å². The molecule has 0 amide bonds. The van der Waals surface area contributed by atoms with Gasteiger partial charge in [0.2, 0.25) is 0 Å². The van der Waals surface area contributed by atoms with Crippen molar-refractivity contribution in [3.05, 3.63) is 34.2 Å². The van der Waals surface area contributed by atoms with Gasteiger partial charge < -0.3 is 4.74 Å². The van der Waals surface area contributed by atoms with Gasteiger partial charge in [-0.25, -0.2) is 4.98 Å². The Morgan fingerprint density at radius 1 is 1.30 bits per heavy atom. The van der Waals surface area contributed by atoms with Crippen molar-refractivity contribution in [3.8, 4) is 11.4 Å². The van der Waals surface area contributed by atoms with E-state index >= 15 is 0 Å². The summed E-state index contributed by atoms with van der Waals surface area (Å²) in [5.74, 6) is 0.804. The van der Waals surface area contributed by atoms with E-state index in [0.29, 0.717) is 6.10 Å². The van der Waals surface area contributed by atoms with E-state index < -0.39 is 0 Å². The molecule has 1 aromatic heterocycles. The Balaban J connectivity index is 1.55. The maximum atomic E-state index is 5.63. The minimum Gasteiger partial charge on any atom is -0.378 e. The van der Waals surface area contributed by atoms with E-state index in [1.807, 2.05) is 11.0 Å². The minimum atomic E-state index is 0.467. The van der Waals surface area contributed by atoms with Crippen molar-refractivity contribution in [1.29, 1.82) is 0 Å². The molecular formula is C15H18IN3O. The number of halogens is 1. The molecule has 1 fully saturated rings. The molecular weight excluding hydrogens is 365 g/mol. The van der Waals surface area contributed by atoms with Crippen molar-refractivity contribution in [3.63, 3.8) is 0 Å². The number of nitrogens with zero attached hydrogens (tertiary/aromatic N) is 3. The Bertz CT molecular complexity index is 547. The molecule has 106 valence electrons. The topological polar surface area (TPSA) is 39.9 Å². The lowest BCUT2D eigenvalue weighted by molar-refractivity contribution is 0.101. The van der Waals surface area contributed by atoms with E-state index in [1.165, 1.54) is 16.4 Å². The average Bonchev–Trinajstić information content (AvgIpc) is 3.11. The summed E-state index contributed by atoms with van der Waals surface area (Å²) in [5, 5.41) is 4.54. The molecule has 20 heavy (non-hydrogen) atoms. The molecule has 1 unspecified atom stereocenters. The highest BCUT2D eigenvalue weighted by Crippen LogP contribution is 2.18. The molecule has 0 spiro atoms. The number of benzene rings is 1. The Labute approximate surface area is 132 Å². The number of aromatic nitrogens is 3. The first-order chi connectivity index (χ1) is 9.81. The second kappa shape index (κ2) is 6.67. The molecule has 1 aliphatic heterocycles. The third-order valence-corrected chi connectivity index (χ3v) is 4.30. The molecule has 0 aliphatic carbocycles. The highest BCUT2D eigenvalue weighted by atomic mass is 127. The van der Waals surface area contributed by atoms with Crippen LogP contribution in [0.3, 0.4) is 0 Å². The summed E-state index contributed by atoms with van der Waals surface area (Å²) in [6.07, 6.45) is 6.94. The Morgan fingerprint density at radius 2 is 2.15 bits per heavy atom. The van der Waals surface area contributed by atoms with Crippen molar-refractivity contribution in [2.45, 2.75) is 38.3 Å². The van der Waals surface area contributed by atoms with Crippen LogP contribution in [-0.4, -0.2) is 27.5 Å². The first kappa shape index (κ1) is 14.0. The molecule has 2 aromatic rings. The first-order valence-electron chi connectivity index (χ1n) is 7.08. The molecule has 1 atom stereocenters. The highest BCUT2D eigenvalue weighted by molar-refractivity contribution is 14.1. The molecule has 4 nitrogen and oxygen atoms in total. The summed E-state index contributed by atoms with van der Waals surface area (Å²) in [7, 11) is 0. The van der Waals surface area contributed by atoms with Crippen LogP contribution < -0.4 is 0 Å². The maximum Gasteiger partial charge on any atom is 0.181 e. The van der Waals surface area contributed by atoms with Crippen LogP contribution in [0.25, 0.3) is 11.4 Å². The third kappa shape index (κ3) is 3.58. The van der Waals surface area contributed by atoms with Gasteiger partial charge in [-0.2, -0.15) is 5.10 Å². The van der Waals surface area contributed by atoms with Crippen molar-refractivity contribution >= 4 is 22.6 Å². The van der Waals surface area contributed by atoms with Gasteiger partial charge in [-0.15, -0.1) is 0 Å². The minimum absolute atomic E-state index is 0.467. The van der Waals surface area contributed by atoms with Gasteiger partial charge >= 0.3 is 0 Å². The zero-order valence-corrected chi connectivity index (χ0v) is 13.5. The summed E-state index contributed by atoms with van der Waals surface area (Å²) in [4.78, 5) is 4.38. The number of ether oxygens (including phenoxy) is 1. The number of rotatable bonds is 5. The van der Waals surface area contributed by atoms with Crippen LogP contribution in [0.5, 0.6) is 0 Å². The van der Waals surface area contributed by atoms with Crippen molar-refractivity contribution in [2.75, 3.05) is 6.61 Å². The molecule has 5 heteroatoms. The standard InChI is InChI=1S/C15H18IN3O/c16-13-7-5-12(6-8-13)15-17-11-19(18-15)9-1-3-14-4-2-10-20-14/h5-8,11,14H,1-4,9-10H2. The zero-order valence-electron chi connectivity index (χ0n) is 11.3. The number of hydrogen-bond acceptors (Lipinski definition) is 3. The van der Waals surface area contributed by atoms with Gasteiger partial charge in [0.05, 0.1) is 6.10 Å². The zero-order chi connectivity index (χ0) is 13.8. The number of hydrogen-bond donors (Lipinski definition) is 0. The second-order valence-corrected chi connectivity index (χ2v) is 6.36. The normalized spacial score (nSPS) is 18.6. The SMILES string of the molecule is Ic1ccc(-c2ncn(CCCC3CCCO3)n2)cc1. The van der Waals surface area contributed by atoms with E-state index in [-0.39, 0.29) is 0 Å². The lowest BCUT2D eigenvalue weighted by Gasteiger charge is -2.08. The summed E-state index contributed by atoms with van der Waals surface area (Å²) >= 11 is 2.30. The Hall–Kier alpha value is -0.950. The summed E-state index contributed by atoms with van der Waals surface area (Å²) in [6.45, 7) is 1.85. The van der Waals surface area contributed by atoms with E-state index in [9.17, 15) is 0 Å². The molecule has 0 radical (unpaired) electrons. The monoisotopic (exact) mass is 383 g/mol. The smallest absolute Gasteiger partial charge is 0.181 e. The van der Waals surface area contributed by atoms with Gasteiger partial charge in [0.25, 0.3) is 0 Å². The third-order valence-electron chi connectivity index (χ3n) is 3.58. The van der Waals surface area contributed by atoms with Crippen LogP contribution in [0.15, 0.2) is 30.6 Å². The van der Waals surface area contributed by atoms with E-state index in [2.05, 4.69) is 56.9 Å².